The number of ether oxygens (including phenoxy) is 2. The van der Waals surface area contributed by atoms with E-state index >= 15 is 0 Å². The number of hydrogen-bond donors (Lipinski definition) is 0. The Labute approximate surface area is 286 Å². The van der Waals surface area contributed by atoms with Crippen LogP contribution in [0.3, 0.4) is 0 Å². The van der Waals surface area contributed by atoms with Gasteiger partial charge in [-0.3, -0.25) is 28.2 Å². The van der Waals surface area contributed by atoms with Gasteiger partial charge in [0.05, 0.1) is 24.2 Å². The number of amides is 1. The van der Waals surface area contributed by atoms with Crippen molar-refractivity contribution in [1.29, 1.82) is 0 Å². The van der Waals surface area contributed by atoms with Crippen LogP contribution >= 0.6 is 58.8 Å². The van der Waals surface area contributed by atoms with Crippen molar-refractivity contribution < 1.29 is 14.3 Å². The Kier molecular flexibility index (Phi) is 8.75. The number of thioether (sulfide) groups is 1. The summed E-state index contributed by atoms with van der Waals surface area (Å²) in [6, 6.07) is 17.0. The molecule has 0 spiro atoms. The molecule has 0 aliphatic carbocycles. The smallest absolute Gasteiger partial charge is 0.332 e. The molecule has 3 heterocycles. The average Bonchev–Trinajstić information content (AvgIpc) is 3.52. The Bertz CT molecular complexity index is 2240. The van der Waals surface area contributed by atoms with Crippen LogP contribution in [0.5, 0.6) is 17.5 Å². The third kappa shape index (κ3) is 5.82. The standard InChI is InChI=1S/C31H22Cl3N5O5S2/c1-36-26-25(28(41)37(2)30(36)42)38(15-17-8-9-19(33)14-21(17)34)29(35-26)44-22-10-7-16(11-23(22)43-3)12-24-27(40)39(31(45)46-24)20-6-4-5-18(32)13-20/h4-14H,15H2,1-3H3. The summed E-state index contributed by atoms with van der Waals surface area (Å²) in [7, 11) is 4.38. The molecule has 1 fully saturated rings. The summed E-state index contributed by atoms with van der Waals surface area (Å²) in [6.45, 7) is 0.0874. The molecule has 6 rings (SSSR count). The molecule has 234 valence electrons. The second-order valence-electron chi connectivity index (χ2n) is 10.1. The molecule has 0 unspecified atom stereocenters. The predicted octanol–water partition coefficient (Wildman–Crippen LogP) is 6.65. The number of imidazole rings is 1. The van der Waals surface area contributed by atoms with Gasteiger partial charge in [-0.1, -0.05) is 77.0 Å². The zero-order valence-electron chi connectivity index (χ0n) is 24.3. The fourth-order valence-electron chi connectivity index (χ4n) is 4.88. The van der Waals surface area contributed by atoms with Crippen LogP contribution in [0, 0.1) is 0 Å². The van der Waals surface area contributed by atoms with Crippen molar-refractivity contribution in [1.82, 2.24) is 18.7 Å². The van der Waals surface area contributed by atoms with Crippen LogP contribution in [0.15, 0.2) is 75.2 Å². The van der Waals surface area contributed by atoms with Crippen LogP contribution in [0.25, 0.3) is 17.2 Å². The van der Waals surface area contributed by atoms with E-state index in [1.54, 1.807) is 71.3 Å². The first-order valence-electron chi connectivity index (χ1n) is 13.5. The van der Waals surface area contributed by atoms with Gasteiger partial charge >= 0.3 is 11.7 Å². The summed E-state index contributed by atoms with van der Waals surface area (Å²) in [4.78, 5) is 45.7. The predicted molar refractivity (Wildman–Crippen MR) is 186 cm³/mol. The maximum Gasteiger partial charge on any atom is 0.332 e. The third-order valence-electron chi connectivity index (χ3n) is 7.20. The average molecular weight is 715 g/mol. The number of aromatic nitrogens is 4. The highest BCUT2D eigenvalue weighted by Crippen LogP contribution is 2.39. The molecule has 0 radical (unpaired) electrons. The Balaban J connectivity index is 1.38. The lowest BCUT2D eigenvalue weighted by Crippen LogP contribution is -2.37. The lowest BCUT2D eigenvalue weighted by Gasteiger charge is -2.14. The number of methoxy groups -OCH3 is 1. The van der Waals surface area contributed by atoms with E-state index in [9.17, 15) is 14.4 Å². The monoisotopic (exact) mass is 713 g/mol. The van der Waals surface area contributed by atoms with Crippen LogP contribution in [0.1, 0.15) is 11.1 Å². The molecule has 1 amide bonds. The van der Waals surface area contributed by atoms with Crippen molar-refractivity contribution >= 4 is 91.9 Å². The highest BCUT2D eigenvalue weighted by molar-refractivity contribution is 8.27. The number of benzene rings is 3. The van der Waals surface area contributed by atoms with Gasteiger partial charge in [0.2, 0.25) is 0 Å². The first-order valence-corrected chi connectivity index (χ1v) is 15.8. The zero-order valence-corrected chi connectivity index (χ0v) is 28.2. The summed E-state index contributed by atoms with van der Waals surface area (Å²) in [5.41, 5.74) is 1.05. The van der Waals surface area contributed by atoms with Gasteiger partial charge in [0, 0.05) is 29.2 Å². The Morgan fingerprint density at radius 3 is 2.41 bits per heavy atom. The lowest BCUT2D eigenvalue weighted by atomic mass is 10.2. The van der Waals surface area contributed by atoms with Crippen molar-refractivity contribution in [2.45, 2.75) is 6.54 Å². The minimum Gasteiger partial charge on any atom is -0.493 e. The summed E-state index contributed by atoms with van der Waals surface area (Å²) in [5, 5.41) is 1.32. The third-order valence-corrected chi connectivity index (χ3v) is 9.33. The van der Waals surface area contributed by atoms with E-state index in [1.165, 1.54) is 42.4 Å². The lowest BCUT2D eigenvalue weighted by molar-refractivity contribution is -0.113. The van der Waals surface area contributed by atoms with Crippen molar-refractivity contribution in [3.8, 4) is 17.5 Å². The molecule has 15 heteroatoms. The molecule has 0 atom stereocenters. The number of nitrogens with zero attached hydrogens (tertiary/aromatic N) is 5. The highest BCUT2D eigenvalue weighted by atomic mass is 35.5. The molecule has 0 N–H and O–H groups in total. The molecular formula is C31H22Cl3N5O5S2. The Hall–Kier alpha value is -4.07. The first-order chi connectivity index (χ1) is 22.0. The van der Waals surface area contributed by atoms with Crippen LogP contribution in [-0.4, -0.2) is 36.0 Å². The quantitative estimate of drug-likeness (QED) is 0.137. The fourth-order valence-corrected chi connectivity index (χ4v) is 6.84. The molecule has 10 nitrogen and oxygen atoms in total. The molecule has 3 aromatic carbocycles. The number of fused-ring (bicyclic) bond motifs is 1. The Morgan fingerprint density at radius 1 is 0.935 bits per heavy atom. The molecule has 0 saturated carbocycles. The SMILES string of the molecule is COc1cc(C=C2SC(=S)N(c3cccc(Cl)c3)C2=O)ccc1Oc1nc2c(c(=O)n(C)c(=O)n2C)n1Cc1ccc(Cl)cc1Cl. The van der Waals surface area contributed by atoms with Crippen LogP contribution in [-0.2, 0) is 25.4 Å². The largest absolute Gasteiger partial charge is 0.493 e. The number of halogens is 3. The molecule has 5 aromatic rings. The fraction of sp³-hybridized carbons (Fsp3) is 0.129. The number of anilines is 1. The van der Waals surface area contributed by atoms with Gasteiger partial charge in [0.25, 0.3) is 11.5 Å². The van der Waals surface area contributed by atoms with Gasteiger partial charge in [-0.25, -0.2) is 4.79 Å². The summed E-state index contributed by atoms with van der Waals surface area (Å²) in [6.07, 6.45) is 1.70. The maximum absolute atomic E-state index is 13.3. The van der Waals surface area contributed by atoms with Crippen molar-refractivity contribution in [2.24, 2.45) is 14.1 Å². The van der Waals surface area contributed by atoms with Gasteiger partial charge < -0.3 is 9.47 Å². The van der Waals surface area contributed by atoms with Crippen molar-refractivity contribution in [3.05, 3.63) is 113 Å². The zero-order chi connectivity index (χ0) is 32.9. The topological polar surface area (TPSA) is 101 Å². The van der Waals surface area contributed by atoms with E-state index in [0.717, 1.165) is 4.57 Å². The molecule has 1 aliphatic rings. The molecule has 1 saturated heterocycles. The minimum atomic E-state index is -0.553. The molecule has 1 aliphatic heterocycles. The normalized spacial score (nSPS) is 14.1. The first kappa shape index (κ1) is 31.9. The van der Waals surface area contributed by atoms with Gasteiger partial charge in [-0.2, -0.15) is 4.98 Å². The number of thiocarbonyl (C=S) groups is 1. The number of rotatable bonds is 7. The summed E-state index contributed by atoms with van der Waals surface area (Å²) in [5.74, 6) is 0.314. The second-order valence-corrected chi connectivity index (χ2v) is 13.1. The van der Waals surface area contributed by atoms with Crippen LogP contribution in [0.4, 0.5) is 5.69 Å². The van der Waals surface area contributed by atoms with E-state index < -0.39 is 11.2 Å². The number of carbonyl (C=O) groups is 1. The molecular weight excluding hydrogens is 693 g/mol. The number of carbonyl (C=O) groups excluding carboxylic acids is 1. The molecule has 46 heavy (non-hydrogen) atoms. The van der Waals surface area contributed by atoms with Crippen molar-refractivity contribution in [2.75, 3.05) is 12.0 Å². The highest BCUT2D eigenvalue weighted by Gasteiger charge is 2.33. The Morgan fingerprint density at radius 2 is 1.70 bits per heavy atom. The van der Waals surface area contributed by atoms with Crippen LogP contribution in [0.2, 0.25) is 15.1 Å². The van der Waals surface area contributed by atoms with E-state index in [-0.39, 0.29) is 35.4 Å². The van der Waals surface area contributed by atoms with Crippen LogP contribution < -0.4 is 25.6 Å². The summed E-state index contributed by atoms with van der Waals surface area (Å²) < 4.78 is 16.1. The maximum atomic E-state index is 13.3. The van der Waals surface area contributed by atoms with Gasteiger partial charge in [-0.15, -0.1) is 0 Å². The second kappa shape index (κ2) is 12.6. The van der Waals surface area contributed by atoms with E-state index in [4.69, 9.17) is 56.5 Å². The van der Waals surface area contributed by atoms with Gasteiger partial charge in [-0.05, 0) is 59.7 Å². The number of aryl methyl sites for hydroxylation is 1. The molecule has 2 aromatic heterocycles. The van der Waals surface area contributed by atoms with E-state index in [0.29, 0.717) is 46.9 Å². The van der Waals surface area contributed by atoms with Gasteiger partial charge in [0.1, 0.15) is 0 Å². The van der Waals surface area contributed by atoms with Gasteiger partial charge in [0.15, 0.2) is 27.0 Å². The van der Waals surface area contributed by atoms with E-state index in [2.05, 4.69) is 4.98 Å². The van der Waals surface area contributed by atoms with Crippen molar-refractivity contribution in [3.63, 3.8) is 0 Å². The summed E-state index contributed by atoms with van der Waals surface area (Å²) >= 11 is 25.4. The minimum absolute atomic E-state index is 0.0211. The van der Waals surface area contributed by atoms with E-state index in [1.807, 2.05) is 0 Å². The molecule has 0 bridgehead atoms. The number of hydrogen-bond acceptors (Lipinski definition) is 8.